The van der Waals surface area contributed by atoms with Crippen molar-refractivity contribution in [1.82, 2.24) is 0 Å². The predicted octanol–water partition coefficient (Wildman–Crippen LogP) is 2.11. The maximum atomic E-state index is 11.3. The molecule has 2 atom stereocenters. The molecule has 3 N–H and O–H groups in total. The normalized spacial score (nSPS) is 13.3. The molecule has 0 aromatic carbocycles. The molecule has 0 saturated heterocycles. The third-order valence-corrected chi connectivity index (χ3v) is 2.59. The van der Waals surface area contributed by atoms with Gasteiger partial charge >= 0.3 is 11.9 Å². The van der Waals surface area contributed by atoms with Gasteiger partial charge in [0, 0.05) is 6.42 Å². The molecule has 0 heterocycles. The number of halogens is 1. The minimum atomic E-state index is -1.16. The Labute approximate surface area is 114 Å². The van der Waals surface area contributed by atoms with Crippen LogP contribution in [0.4, 0.5) is 0 Å². The van der Waals surface area contributed by atoms with E-state index in [4.69, 9.17) is 15.6 Å². The number of rotatable bonds is 9. The van der Waals surface area contributed by atoms with Crippen molar-refractivity contribution in [3.05, 3.63) is 0 Å². The number of nitrogens with two attached hydrogens (primary N) is 1. The minimum absolute atomic E-state index is 0. The molecule has 18 heavy (non-hydrogen) atoms. The summed E-state index contributed by atoms with van der Waals surface area (Å²) in [5.41, 5.74) is 5.33. The van der Waals surface area contributed by atoms with Gasteiger partial charge in [-0.15, -0.1) is 12.4 Å². The summed E-state index contributed by atoms with van der Waals surface area (Å²) < 4.78 is 4.94. The first-order chi connectivity index (χ1) is 7.99. The molecule has 0 amide bonds. The molecule has 108 valence electrons. The van der Waals surface area contributed by atoms with E-state index in [1.54, 1.807) is 0 Å². The van der Waals surface area contributed by atoms with Crippen LogP contribution in [0.2, 0.25) is 0 Å². The molecule has 0 aromatic rings. The lowest BCUT2D eigenvalue weighted by atomic mass is 10.1. The number of hydrogen-bond acceptors (Lipinski definition) is 4. The van der Waals surface area contributed by atoms with E-state index in [2.05, 4.69) is 6.92 Å². The van der Waals surface area contributed by atoms with Crippen molar-refractivity contribution < 1.29 is 19.4 Å². The third-order valence-electron chi connectivity index (χ3n) is 2.59. The summed E-state index contributed by atoms with van der Waals surface area (Å²) in [4.78, 5) is 21.9. The van der Waals surface area contributed by atoms with Gasteiger partial charge in [0.2, 0.25) is 0 Å². The van der Waals surface area contributed by atoms with Gasteiger partial charge in [-0.05, 0) is 13.3 Å². The standard InChI is InChI=1S/C12H23NO4.ClH/c1-3-4-5-6-7-8-10(14)17-9(2)11(13)12(15)16;/h9,11H,3-8,13H2,1-2H3,(H,15,16);1H/t9?,11-;/m0./s1. The minimum Gasteiger partial charge on any atom is -0.480 e. The van der Waals surface area contributed by atoms with E-state index in [1.807, 2.05) is 0 Å². The number of carboxylic acids is 1. The molecule has 0 bridgehead atoms. The van der Waals surface area contributed by atoms with Gasteiger partial charge in [0.15, 0.2) is 0 Å². The maximum Gasteiger partial charge on any atom is 0.324 e. The van der Waals surface area contributed by atoms with Gasteiger partial charge in [0.05, 0.1) is 0 Å². The Kier molecular flexibility index (Phi) is 12.2. The average Bonchev–Trinajstić information content (AvgIpc) is 2.27. The molecular formula is C12H24ClNO4. The van der Waals surface area contributed by atoms with E-state index < -0.39 is 18.1 Å². The molecule has 0 radical (unpaired) electrons. The smallest absolute Gasteiger partial charge is 0.324 e. The summed E-state index contributed by atoms with van der Waals surface area (Å²) in [6.45, 7) is 3.62. The average molecular weight is 282 g/mol. The Morgan fingerprint density at radius 2 is 1.78 bits per heavy atom. The number of hydrogen-bond donors (Lipinski definition) is 2. The van der Waals surface area contributed by atoms with E-state index in [0.29, 0.717) is 6.42 Å². The lowest BCUT2D eigenvalue weighted by Gasteiger charge is -2.16. The van der Waals surface area contributed by atoms with E-state index in [0.717, 1.165) is 25.7 Å². The summed E-state index contributed by atoms with van der Waals surface area (Å²) in [6, 6.07) is -1.15. The highest BCUT2D eigenvalue weighted by molar-refractivity contribution is 5.85. The Bertz CT molecular complexity index is 248. The number of aliphatic carboxylic acids is 1. The zero-order valence-corrected chi connectivity index (χ0v) is 11.9. The molecule has 5 nitrogen and oxygen atoms in total. The summed E-state index contributed by atoms with van der Waals surface area (Å²) in [5, 5.41) is 8.62. The summed E-state index contributed by atoms with van der Waals surface area (Å²) in [7, 11) is 0. The lowest BCUT2D eigenvalue weighted by Crippen LogP contribution is -2.42. The second-order valence-corrected chi connectivity index (χ2v) is 4.22. The van der Waals surface area contributed by atoms with Gasteiger partial charge in [-0.3, -0.25) is 9.59 Å². The molecule has 6 heteroatoms. The molecule has 0 spiro atoms. The van der Waals surface area contributed by atoms with Gasteiger partial charge in [-0.25, -0.2) is 0 Å². The van der Waals surface area contributed by atoms with Crippen LogP contribution in [-0.4, -0.2) is 29.2 Å². The number of esters is 1. The second-order valence-electron chi connectivity index (χ2n) is 4.22. The number of carbonyl (C=O) groups is 2. The molecule has 0 fully saturated rings. The lowest BCUT2D eigenvalue weighted by molar-refractivity contribution is -0.153. The van der Waals surface area contributed by atoms with Gasteiger partial charge in [0.1, 0.15) is 12.1 Å². The van der Waals surface area contributed by atoms with Gasteiger partial charge in [0.25, 0.3) is 0 Å². The van der Waals surface area contributed by atoms with Crippen molar-refractivity contribution in [3.63, 3.8) is 0 Å². The van der Waals surface area contributed by atoms with Crippen molar-refractivity contribution in [1.29, 1.82) is 0 Å². The van der Waals surface area contributed by atoms with Gasteiger partial charge < -0.3 is 15.6 Å². The molecular weight excluding hydrogens is 258 g/mol. The summed E-state index contributed by atoms with van der Waals surface area (Å²) in [5.74, 6) is -1.53. The largest absolute Gasteiger partial charge is 0.480 e. The highest BCUT2D eigenvalue weighted by Crippen LogP contribution is 2.07. The van der Waals surface area contributed by atoms with Gasteiger partial charge in [-0.2, -0.15) is 0 Å². The summed E-state index contributed by atoms with van der Waals surface area (Å²) in [6.07, 6.45) is 4.80. The van der Waals surface area contributed by atoms with Crippen molar-refractivity contribution in [2.75, 3.05) is 0 Å². The fourth-order valence-electron chi connectivity index (χ4n) is 1.41. The van der Waals surface area contributed by atoms with E-state index in [1.165, 1.54) is 13.3 Å². The van der Waals surface area contributed by atoms with Crippen molar-refractivity contribution in [2.45, 2.75) is 64.5 Å². The third kappa shape index (κ3) is 9.24. The van der Waals surface area contributed by atoms with Crippen LogP contribution in [0.1, 0.15) is 52.4 Å². The van der Waals surface area contributed by atoms with E-state index in [-0.39, 0.29) is 18.4 Å². The van der Waals surface area contributed by atoms with Gasteiger partial charge in [-0.1, -0.05) is 32.6 Å². The molecule has 0 aromatic heterocycles. The number of unbranched alkanes of at least 4 members (excludes halogenated alkanes) is 4. The molecule has 0 rings (SSSR count). The van der Waals surface area contributed by atoms with Crippen LogP contribution in [0.25, 0.3) is 0 Å². The molecule has 0 aliphatic heterocycles. The highest BCUT2D eigenvalue weighted by Gasteiger charge is 2.23. The zero-order valence-electron chi connectivity index (χ0n) is 11.1. The number of ether oxygens (including phenoxy) is 1. The van der Waals surface area contributed by atoms with E-state index >= 15 is 0 Å². The van der Waals surface area contributed by atoms with Crippen LogP contribution in [-0.2, 0) is 14.3 Å². The Hall–Kier alpha value is -0.810. The maximum absolute atomic E-state index is 11.3. The molecule has 0 aliphatic carbocycles. The Morgan fingerprint density at radius 1 is 1.22 bits per heavy atom. The SMILES string of the molecule is CCCCCCCC(=O)OC(C)[C@H](N)C(=O)O.Cl. The van der Waals surface area contributed by atoms with Crippen LogP contribution >= 0.6 is 12.4 Å². The first-order valence-electron chi connectivity index (χ1n) is 6.17. The fraction of sp³-hybridized carbons (Fsp3) is 0.833. The number of carbonyl (C=O) groups excluding carboxylic acids is 1. The monoisotopic (exact) mass is 281 g/mol. The molecule has 1 unspecified atom stereocenters. The zero-order chi connectivity index (χ0) is 13.3. The summed E-state index contributed by atoms with van der Waals surface area (Å²) >= 11 is 0. The van der Waals surface area contributed by atoms with Crippen LogP contribution in [0, 0.1) is 0 Å². The number of carboxylic acid groups (broad SMARTS) is 1. The first kappa shape index (κ1) is 19.5. The molecule has 0 aliphatic rings. The Morgan fingerprint density at radius 3 is 2.28 bits per heavy atom. The second kappa shape index (κ2) is 11.3. The quantitative estimate of drug-likeness (QED) is 0.499. The van der Waals surface area contributed by atoms with Crippen LogP contribution in [0.5, 0.6) is 0 Å². The van der Waals surface area contributed by atoms with Crippen molar-refractivity contribution in [3.8, 4) is 0 Å². The topological polar surface area (TPSA) is 89.6 Å². The van der Waals surface area contributed by atoms with Crippen LogP contribution in [0.3, 0.4) is 0 Å². The van der Waals surface area contributed by atoms with Crippen LogP contribution < -0.4 is 5.73 Å². The molecule has 0 saturated carbocycles. The van der Waals surface area contributed by atoms with Crippen molar-refractivity contribution >= 4 is 24.3 Å². The van der Waals surface area contributed by atoms with E-state index in [9.17, 15) is 9.59 Å². The fourth-order valence-corrected chi connectivity index (χ4v) is 1.41. The van der Waals surface area contributed by atoms with Crippen molar-refractivity contribution in [2.24, 2.45) is 5.73 Å². The van der Waals surface area contributed by atoms with Crippen LogP contribution in [0.15, 0.2) is 0 Å². The predicted molar refractivity (Wildman–Crippen MR) is 71.8 cm³/mol. The Balaban J connectivity index is 0. The highest BCUT2D eigenvalue weighted by atomic mass is 35.5. The first-order valence-corrected chi connectivity index (χ1v) is 6.17.